The Morgan fingerprint density at radius 2 is 1.09 bits per heavy atom. The average molecular weight is 290 g/mol. The van der Waals surface area contributed by atoms with Crippen LogP contribution in [0.5, 0.6) is 0 Å². The van der Waals surface area contributed by atoms with E-state index in [4.69, 9.17) is 0 Å². The van der Waals surface area contributed by atoms with Gasteiger partial charge in [0.05, 0.1) is 11.4 Å². The SMILES string of the molecule is CC.Cc1ccc(-c2cccc(-c3ccc(C)cn3)c2)nc1. The Kier molecular flexibility index (Phi) is 5.42. The van der Waals surface area contributed by atoms with Crippen LogP contribution in [0.4, 0.5) is 0 Å². The number of rotatable bonds is 2. The van der Waals surface area contributed by atoms with E-state index in [-0.39, 0.29) is 0 Å². The average Bonchev–Trinajstić information content (AvgIpc) is 2.58. The van der Waals surface area contributed by atoms with E-state index >= 15 is 0 Å². The predicted molar refractivity (Wildman–Crippen MR) is 93.7 cm³/mol. The summed E-state index contributed by atoms with van der Waals surface area (Å²) >= 11 is 0. The van der Waals surface area contributed by atoms with Crippen molar-refractivity contribution in [3.63, 3.8) is 0 Å². The fourth-order valence-corrected chi connectivity index (χ4v) is 2.11. The third-order valence-corrected chi connectivity index (χ3v) is 3.28. The minimum absolute atomic E-state index is 0.990. The topological polar surface area (TPSA) is 25.8 Å². The van der Waals surface area contributed by atoms with Crippen molar-refractivity contribution in [2.75, 3.05) is 0 Å². The molecule has 0 amide bonds. The number of benzene rings is 1. The molecule has 0 N–H and O–H groups in total. The van der Waals surface area contributed by atoms with Crippen molar-refractivity contribution in [3.05, 3.63) is 72.1 Å². The van der Waals surface area contributed by atoms with Crippen molar-refractivity contribution < 1.29 is 0 Å². The highest BCUT2D eigenvalue weighted by molar-refractivity contribution is 5.69. The highest BCUT2D eigenvalue weighted by Crippen LogP contribution is 2.24. The van der Waals surface area contributed by atoms with Crippen LogP contribution < -0.4 is 0 Å². The second-order valence-electron chi connectivity index (χ2n) is 5.02. The van der Waals surface area contributed by atoms with Gasteiger partial charge in [0.1, 0.15) is 0 Å². The summed E-state index contributed by atoms with van der Waals surface area (Å²) in [4.78, 5) is 8.95. The zero-order chi connectivity index (χ0) is 15.9. The van der Waals surface area contributed by atoms with Crippen LogP contribution in [0.1, 0.15) is 25.0 Å². The quantitative estimate of drug-likeness (QED) is 0.627. The van der Waals surface area contributed by atoms with Gasteiger partial charge in [-0.3, -0.25) is 9.97 Å². The minimum Gasteiger partial charge on any atom is -0.256 e. The molecule has 0 aliphatic carbocycles. The zero-order valence-corrected chi connectivity index (χ0v) is 13.7. The summed E-state index contributed by atoms with van der Waals surface area (Å²) in [5.41, 5.74) is 6.55. The molecule has 0 atom stereocenters. The van der Waals surface area contributed by atoms with Gasteiger partial charge in [-0.05, 0) is 43.2 Å². The molecule has 1 aromatic carbocycles. The fourth-order valence-electron chi connectivity index (χ4n) is 2.11. The number of hydrogen-bond acceptors (Lipinski definition) is 2. The van der Waals surface area contributed by atoms with Crippen molar-refractivity contribution in [2.24, 2.45) is 0 Å². The van der Waals surface area contributed by atoms with Gasteiger partial charge in [-0.15, -0.1) is 0 Å². The Balaban J connectivity index is 0.000000847. The molecule has 0 saturated carbocycles. The Labute approximate surface area is 132 Å². The third-order valence-electron chi connectivity index (χ3n) is 3.28. The predicted octanol–water partition coefficient (Wildman–Crippen LogP) is 5.45. The van der Waals surface area contributed by atoms with E-state index in [9.17, 15) is 0 Å². The van der Waals surface area contributed by atoms with Crippen LogP contribution in [-0.4, -0.2) is 9.97 Å². The van der Waals surface area contributed by atoms with E-state index < -0.39 is 0 Å². The Morgan fingerprint density at radius 1 is 0.636 bits per heavy atom. The molecule has 2 heterocycles. The van der Waals surface area contributed by atoms with E-state index in [1.165, 1.54) is 11.1 Å². The maximum atomic E-state index is 4.48. The largest absolute Gasteiger partial charge is 0.256 e. The van der Waals surface area contributed by atoms with Crippen molar-refractivity contribution in [1.82, 2.24) is 9.97 Å². The van der Waals surface area contributed by atoms with E-state index in [1.807, 2.05) is 46.2 Å². The molecule has 0 aliphatic heterocycles. The van der Waals surface area contributed by atoms with Crippen LogP contribution in [0.15, 0.2) is 60.9 Å². The van der Waals surface area contributed by atoms with Gasteiger partial charge in [0.15, 0.2) is 0 Å². The first-order valence-corrected chi connectivity index (χ1v) is 7.68. The van der Waals surface area contributed by atoms with E-state index in [1.54, 1.807) is 0 Å². The van der Waals surface area contributed by atoms with Gasteiger partial charge in [-0.1, -0.05) is 44.2 Å². The molecule has 0 unspecified atom stereocenters. The number of aryl methyl sites for hydroxylation is 2. The summed E-state index contributed by atoms with van der Waals surface area (Å²) in [5, 5.41) is 0. The van der Waals surface area contributed by atoms with Crippen molar-refractivity contribution in [1.29, 1.82) is 0 Å². The second kappa shape index (κ2) is 7.51. The molecule has 0 bridgehead atoms. The highest BCUT2D eigenvalue weighted by Gasteiger charge is 2.03. The minimum atomic E-state index is 0.990. The van der Waals surface area contributed by atoms with Crippen molar-refractivity contribution in [3.8, 4) is 22.5 Å². The molecule has 2 aromatic heterocycles. The molecule has 2 nitrogen and oxygen atoms in total. The number of aromatic nitrogens is 2. The standard InChI is InChI=1S/C18H16N2.C2H6/c1-13-6-8-17(19-11-13)15-4-3-5-16(10-15)18-9-7-14(2)12-20-18;1-2/h3-12H,1-2H3;1-2H3. The second-order valence-corrected chi connectivity index (χ2v) is 5.02. The number of pyridine rings is 2. The van der Waals surface area contributed by atoms with Gasteiger partial charge in [0.2, 0.25) is 0 Å². The number of hydrogen-bond donors (Lipinski definition) is 0. The maximum Gasteiger partial charge on any atom is 0.0702 e. The van der Waals surface area contributed by atoms with Crippen molar-refractivity contribution in [2.45, 2.75) is 27.7 Å². The van der Waals surface area contributed by atoms with Gasteiger partial charge in [-0.25, -0.2) is 0 Å². The Morgan fingerprint density at radius 3 is 1.45 bits per heavy atom. The van der Waals surface area contributed by atoms with Crippen LogP contribution in [0.2, 0.25) is 0 Å². The molecule has 0 saturated heterocycles. The summed E-state index contributed by atoms with van der Waals surface area (Å²) in [5.74, 6) is 0. The summed E-state index contributed by atoms with van der Waals surface area (Å²) in [7, 11) is 0. The molecule has 0 fully saturated rings. The fraction of sp³-hybridized carbons (Fsp3) is 0.200. The molecule has 0 aliphatic rings. The first-order valence-electron chi connectivity index (χ1n) is 7.68. The molecule has 0 spiro atoms. The Bertz CT molecular complexity index is 653. The van der Waals surface area contributed by atoms with Crippen molar-refractivity contribution >= 4 is 0 Å². The van der Waals surface area contributed by atoms with E-state index in [2.05, 4.69) is 52.4 Å². The summed E-state index contributed by atoms with van der Waals surface area (Å²) in [6, 6.07) is 16.6. The molecule has 2 heteroatoms. The monoisotopic (exact) mass is 290 g/mol. The molecule has 3 aromatic rings. The lowest BCUT2D eigenvalue weighted by atomic mass is 10.0. The Hall–Kier alpha value is -2.48. The van der Waals surface area contributed by atoms with Gasteiger partial charge in [0.25, 0.3) is 0 Å². The maximum absolute atomic E-state index is 4.48. The van der Waals surface area contributed by atoms with Crippen LogP contribution >= 0.6 is 0 Å². The first-order chi connectivity index (χ1) is 10.7. The van der Waals surface area contributed by atoms with Gasteiger partial charge >= 0.3 is 0 Å². The van der Waals surface area contributed by atoms with Crippen LogP contribution in [0.3, 0.4) is 0 Å². The highest BCUT2D eigenvalue weighted by atomic mass is 14.7. The lowest BCUT2D eigenvalue weighted by molar-refractivity contribution is 1.26. The van der Waals surface area contributed by atoms with Gasteiger partial charge in [0, 0.05) is 23.5 Å². The van der Waals surface area contributed by atoms with Crippen LogP contribution in [0, 0.1) is 13.8 Å². The van der Waals surface area contributed by atoms with E-state index in [0.717, 1.165) is 22.5 Å². The summed E-state index contributed by atoms with van der Waals surface area (Å²) in [6.45, 7) is 8.09. The van der Waals surface area contributed by atoms with Crippen LogP contribution in [0.25, 0.3) is 22.5 Å². The van der Waals surface area contributed by atoms with Crippen LogP contribution in [-0.2, 0) is 0 Å². The molecule has 22 heavy (non-hydrogen) atoms. The third kappa shape index (κ3) is 3.79. The lowest BCUT2D eigenvalue weighted by Crippen LogP contribution is -1.87. The zero-order valence-electron chi connectivity index (χ0n) is 13.7. The number of nitrogens with zero attached hydrogens (tertiary/aromatic N) is 2. The van der Waals surface area contributed by atoms with Gasteiger partial charge in [-0.2, -0.15) is 0 Å². The van der Waals surface area contributed by atoms with E-state index in [0.29, 0.717) is 0 Å². The lowest BCUT2D eigenvalue weighted by Gasteiger charge is -2.05. The van der Waals surface area contributed by atoms with Gasteiger partial charge < -0.3 is 0 Å². The molecular weight excluding hydrogens is 268 g/mol. The summed E-state index contributed by atoms with van der Waals surface area (Å²) in [6.07, 6.45) is 3.79. The first kappa shape index (κ1) is 15.9. The molecule has 112 valence electrons. The molecular formula is C20H22N2. The normalized spacial score (nSPS) is 9.82. The molecule has 0 radical (unpaired) electrons. The molecule has 3 rings (SSSR count). The smallest absolute Gasteiger partial charge is 0.0702 e. The summed E-state index contributed by atoms with van der Waals surface area (Å²) < 4.78 is 0.